The van der Waals surface area contributed by atoms with Gasteiger partial charge in [-0.15, -0.1) is 0 Å². The molecule has 0 aliphatic heterocycles. The number of fused-ring (bicyclic) bond motifs is 1. The fraction of sp³-hybridized carbons (Fsp3) is 0.174. The van der Waals surface area contributed by atoms with Gasteiger partial charge in [-0.05, 0) is 25.1 Å². The van der Waals surface area contributed by atoms with Crippen LogP contribution in [-0.2, 0) is 14.3 Å². The molecule has 0 bridgehead atoms. The summed E-state index contributed by atoms with van der Waals surface area (Å²) in [6.45, 7) is 1.47. The van der Waals surface area contributed by atoms with E-state index in [0.29, 0.717) is 5.75 Å². The van der Waals surface area contributed by atoms with E-state index in [1.165, 1.54) is 6.08 Å². The third-order valence-corrected chi connectivity index (χ3v) is 4.39. The lowest BCUT2D eigenvalue weighted by molar-refractivity contribution is -0.144. The van der Waals surface area contributed by atoms with Crippen molar-refractivity contribution >= 4 is 28.9 Å². The molecule has 1 atom stereocenters. The Kier molecular flexibility index (Phi) is 6.58. The van der Waals surface area contributed by atoms with Crippen molar-refractivity contribution in [3.8, 4) is 5.75 Å². The maximum Gasteiger partial charge on any atom is 0.331 e. The number of rotatable bonds is 7. The number of carbonyl (C=O) groups is 2. The van der Waals surface area contributed by atoms with Crippen LogP contribution in [0.2, 0.25) is 0 Å². The molecule has 0 radical (unpaired) electrons. The van der Waals surface area contributed by atoms with Gasteiger partial charge < -0.3 is 14.8 Å². The SMILES string of the molecule is COc1ccccc1[C@H](C)NC(=O)COC(=O)/C=C\c1cccc2cccnc12. The van der Waals surface area contributed by atoms with Crippen molar-refractivity contribution in [3.05, 3.63) is 78.0 Å². The second-order valence-corrected chi connectivity index (χ2v) is 6.39. The monoisotopic (exact) mass is 390 g/mol. The number of nitrogens with zero attached hydrogens (tertiary/aromatic N) is 1. The van der Waals surface area contributed by atoms with Crippen molar-refractivity contribution in [1.29, 1.82) is 0 Å². The molecule has 0 aliphatic carbocycles. The van der Waals surface area contributed by atoms with Crippen molar-refractivity contribution in [2.24, 2.45) is 0 Å². The first-order valence-corrected chi connectivity index (χ1v) is 9.19. The van der Waals surface area contributed by atoms with Gasteiger partial charge in [0.1, 0.15) is 5.75 Å². The van der Waals surface area contributed by atoms with Crippen molar-refractivity contribution in [1.82, 2.24) is 10.3 Å². The Labute approximate surface area is 169 Å². The van der Waals surface area contributed by atoms with E-state index in [1.807, 2.05) is 61.5 Å². The number of benzene rings is 2. The van der Waals surface area contributed by atoms with Crippen LogP contribution < -0.4 is 10.1 Å². The number of aromatic nitrogens is 1. The molecule has 6 heteroatoms. The zero-order valence-corrected chi connectivity index (χ0v) is 16.3. The van der Waals surface area contributed by atoms with Gasteiger partial charge in [0.25, 0.3) is 5.91 Å². The Morgan fingerprint density at radius 3 is 2.72 bits per heavy atom. The van der Waals surface area contributed by atoms with Crippen molar-refractivity contribution < 1.29 is 19.1 Å². The van der Waals surface area contributed by atoms with E-state index in [-0.39, 0.29) is 12.6 Å². The molecule has 0 saturated carbocycles. The molecule has 2 aromatic carbocycles. The molecular weight excluding hydrogens is 368 g/mol. The number of hydrogen-bond donors (Lipinski definition) is 1. The number of esters is 1. The van der Waals surface area contributed by atoms with E-state index in [0.717, 1.165) is 22.0 Å². The third-order valence-electron chi connectivity index (χ3n) is 4.39. The number of para-hydroxylation sites is 2. The lowest BCUT2D eigenvalue weighted by Crippen LogP contribution is -2.31. The normalized spacial score (nSPS) is 11.9. The molecule has 6 nitrogen and oxygen atoms in total. The lowest BCUT2D eigenvalue weighted by atomic mass is 10.1. The molecule has 3 rings (SSSR count). The van der Waals surface area contributed by atoms with E-state index in [4.69, 9.17) is 9.47 Å². The highest BCUT2D eigenvalue weighted by atomic mass is 16.5. The highest BCUT2D eigenvalue weighted by Gasteiger charge is 2.14. The van der Waals surface area contributed by atoms with Gasteiger partial charge in [-0.3, -0.25) is 9.78 Å². The summed E-state index contributed by atoms with van der Waals surface area (Å²) in [6.07, 6.45) is 4.62. The minimum absolute atomic E-state index is 0.283. The van der Waals surface area contributed by atoms with E-state index in [1.54, 1.807) is 19.4 Å². The van der Waals surface area contributed by atoms with Crippen LogP contribution in [0.25, 0.3) is 17.0 Å². The molecule has 1 aromatic heterocycles. The summed E-state index contributed by atoms with van der Waals surface area (Å²) in [5.41, 5.74) is 2.44. The summed E-state index contributed by atoms with van der Waals surface area (Å²) in [5.74, 6) is -0.307. The molecule has 148 valence electrons. The summed E-state index contributed by atoms with van der Waals surface area (Å²) in [4.78, 5) is 28.4. The number of nitrogens with one attached hydrogen (secondary N) is 1. The zero-order valence-electron chi connectivity index (χ0n) is 16.3. The first-order valence-electron chi connectivity index (χ1n) is 9.19. The number of pyridine rings is 1. The smallest absolute Gasteiger partial charge is 0.331 e. The minimum atomic E-state index is -0.599. The summed E-state index contributed by atoms with van der Waals surface area (Å²) in [5, 5.41) is 3.77. The Hall–Kier alpha value is -3.67. The second kappa shape index (κ2) is 9.50. The molecule has 1 amide bonds. The van der Waals surface area contributed by atoms with Crippen molar-refractivity contribution in [2.45, 2.75) is 13.0 Å². The van der Waals surface area contributed by atoms with Crippen molar-refractivity contribution in [3.63, 3.8) is 0 Å². The van der Waals surface area contributed by atoms with Gasteiger partial charge in [-0.25, -0.2) is 4.79 Å². The largest absolute Gasteiger partial charge is 0.496 e. The Morgan fingerprint density at radius 1 is 1.10 bits per heavy atom. The summed E-state index contributed by atoms with van der Waals surface area (Å²) >= 11 is 0. The third kappa shape index (κ3) is 5.19. The van der Waals surface area contributed by atoms with Gasteiger partial charge in [0, 0.05) is 28.8 Å². The number of amides is 1. The van der Waals surface area contributed by atoms with Crippen LogP contribution in [0.5, 0.6) is 5.75 Å². The molecule has 1 heterocycles. The van der Waals surface area contributed by atoms with Gasteiger partial charge in [-0.1, -0.05) is 42.5 Å². The molecule has 3 aromatic rings. The van der Waals surface area contributed by atoms with Crippen LogP contribution in [0, 0.1) is 0 Å². The zero-order chi connectivity index (χ0) is 20.6. The average molecular weight is 390 g/mol. The molecular formula is C23H22N2O4. The lowest BCUT2D eigenvalue weighted by Gasteiger charge is -2.17. The standard InChI is InChI=1S/C23H22N2O4/c1-16(19-10-3-4-11-20(19)28-2)25-21(26)15-29-22(27)13-12-18-8-5-7-17-9-6-14-24-23(17)18/h3-14,16H,15H2,1-2H3,(H,25,26)/b13-12-/t16-/m0/s1. The topological polar surface area (TPSA) is 77.5 Å². The van der Waals surface area contributed by atoms with Crippen LogP contribution in [0.15, 0.2) is 66.9 Å². The van der Waals surface area contributed by atoms with Crippen molar-refractivity contribution in [2.75, 3.05) is 13.7 Å². The maximum absolute atomic E-state index is 12.1. The fourth-order valence-corrected chi connectivity index (χ4v) is 2.99. The number of carbonyl (C=O) groups excluding carboxylic acids is 2. The van der Waals surface area contributed by atoms with Gasteiger partial charge in [0.15, 0.2) is 6.61 Å². The predicted molar refractivity (Wildman–Crippen MR) is 111 cm³/mol. The molecule has 1 N–H and O–H groups in total. The summed E-state index contributed by atoms with van der Waals surface area (Å²) in [7, 11) is 1.58. The molecule has 0 unspecified atom stereocenters. The predicted octanol–water partition coefficient (Wildman–Crippen LogP) is 3.68. The van der Waals surface area contributed by atoms with Crippen LogP contribution in [0.1, 0.15) is 24.1 Å². The van der Waals surface area contributed by atoms with Crippen LogP contribution in [-0.4, -0.2) is 30.6 Å². The molecule has 0 saturated heterocycles. The van der Waals surface area contributed by atoms with Crippen LogP contribution >= 0.6 is 0 Å². The number of hydrogen-bond acceptors (Lipinski definition) is 5. The van der Waals surface area contributed by atoms with Gasteiger partial charge in [-0.2, -0.15) is 0 Å². The van der Waals surface area contributed by atoms with Crippen LogP contribution in [0.3, 0.4) is 0 Å². The quantitative estimate of drug-likeness (QED) is 0.492. The van der Waals surface area contributed by atoms with Crippen LogP contribution in [0.4, 0.5) is 0 Å². The maximum atomic E-state index is 12.1. The fourth-order valence-electron chi connectivity index (χ4n) is 2.99. The van der Waals surface area contributed by atoms with Gasteiger partial charge in [0.05, 0.1) is 18.7 Å². The number of methoxy groups -OCH3 is 1. The average Bonchev–Trinajstić information content (AvgIpc) is 2.76. The Morgan fingerprint density at radius 2 is 1.90 bits per heavy atom. The summed E-state index contributed by atoms with van der Waals surface area (Å²) in [6, 6.07) is 16.6. The molecule has 0 fully saturated rings. The van der Waals surface area contributed by atoms with E-state index in [2.05, 4.69) is 10.3 Å². The summed E-state index contributed by atoms with van der Waals surface area (Å²) < 4.78 is 10.3. The molecule has 29 heavy (non-hydrogen) atoms. The van der Waals surface area contributed by atoms with E-state index >= 15 is 0 Å². The highest BCUT2D eigenvalue weighted by Crippen LogP contribution is 2.24. The Balaban J connectivity index is 1.55. The minimum Gasteiger partial charge on any atom is -0.496 e. The Bertz CT molecular complexity index is 1040. The first-order chi connectivity index (χ1) is 14.1. The van der Waals surface area contributed by atoms with Gasteiger partial charge >= 0.3 is 5.97 Å². The molecule has 0 spiro atoms. The molecule has 0 aliphatic rings. The van der Waals surface area contributed by atoms with Gasteiger partial charge in [0.2, 0.25) is 0 Å². The van der Waals surface area contributed by atoms with E-state index in [9.17, 15) is 9.59 Å². The number of ether oxygens (including phenoxy) is 2. The first kappa shape index (κ1) is 20.1. The second-order valence-electron chi connectivity index (χ2n) is 6.39. The van der Waals surface area contributed by atoms with E-state index < -0.39 is 11.9 Å². The highest BCUT2D eigenvalue weighted by molar-refractivity contribution is 5.93.